The summed E-state index contributed by atoms with van der Waals surface area (Å²) < 4.78 is 5.23. The molecule has 0 saturated heterocycles. The van der Waals surface area contributed by atoms with Gasteiger partial charge in [-0.3, -0.25) is 0 Å². The van der Waals surface area contributed by atoms with Crippen LogP contribution in [0.15, 0.2) is 12.1 Å². The summed E-state index contributed by atoms with van der Waals surface area (Å²) in [4.78, 5) is 8.34. The van der Waals surface area contributed by atoms with Gasteiger partial charge in [-0.25, -0.2) is 0 Å². The molecule has 0 bridgehead atoms. The van der Waals surface area contributed by atoms with E-state index in [4.69, 9.17) is 16.2 Å². The first-order valence-corrected chi connectivity index (χ1v) is 5.08. The highest BCUT2D eigenvalue weighted by molar-refractivity contribution is 5.94. The lowest BCUT2D eigenvalue weighted by atomic mass is 10.1. The van der Waals surface area contributed by atoms with Gasteiger partial charge in [0.1, 0.15) is 5.82 Å². The number of aromatic nitrogens is 2. The molecule has 0 saturated carbocycles. The lowest BCUT2D eigenvalue weighted by Gasteiger charge is -2.09. The van der Waals surface area contributed by atoms with Crippen LogP contribution in [-0.2, 0) is 0 Å². The average Bonchev–Trinajstić information content (AvgIpc) is 2.23. The topological polar surface area (TPSA) is 87.0 Å². The first-order chi connectivity index (χ1) is 7.63. The van der Waals surface area contributed by atoms with E-state index < -0.39 is 0 Å². The number of nitrogens with zero attached hydrogens (tertiary/aromatic N) is 2. The Bertz CT molecular complexity index is 539. The van der Waals surface area contributed by atoms with Crippen LogP contribution in [0.4, 0.5) is 11.5 Å². The number of fused-ring (bicyclic) bond motifs is 1. The van der Waals surface area contributed by atoms with E-state index in [1.807, 2.05) is 19.9 Å². The third-order valence-corrected chi connectivity index (χ3v) is 2.45. The fraction of sp³-hybridized carbons (Fsp3) is 0.273. The number of hydrogen-bond donors (Lipinski definition) is 2. The second-order valence-electron chi connectivity index (χ2n) is 3.50. The van der Waals surface area contributed by atoms with Gasteiger partial charge in [0.2, 0.25) is 0 Å². The zero-order valence-corrected chi connectivity index (χ0v) is 9.32. The molecule has 2 rings (SSSR count). The molecule has 2 aromatic rings. The van der Waals surface area contributed by atoms with E-state index in [1.54, 1.807) is 6.07 Å². The smallest absolute Gasteiger partial charge is 0.318 e. The third kappa shape index (κ3) is 1.60. The van der Waals surface area contributed by atoms with Crippen molar-refractivity contribution < 1.29 is 4.74 Å². The van der Waals surface area contributed by atoms with Gasteiger partial charge in [-0.15, -0.1) is 0 Å². The molecular weight excluding hydrogens is 204 g/mol. The molecule has 0 radical (unpaired) electrons. The van der Waals surface area contributed by atoms with Crippen molar-refractivity contribution in [2.45, 2.75) is 13.8 Å². The number of hydrogen-bond acceptors (Lipinski definition) is 5. The molecule has 0 unspecified atom stereocenters. The standard InChI is InChI=1S/C11H14N4O/c1-3-16-11-14-8-5-4-7(12)6(2)9(8)10(13)15-11/h4-5H,3,12H2,1-2H3,(H2,13,14,15). The van der Waals surface area contributed by atoms with Gasteiger partial charge >= 0.3 is 6.01 Å². The normalized spacial score (nSPS) is 10.6. The van der Waals surface area contributed by atoms with Crippen molar-refractivity contribution in [3.63, 3.8) is 0 Å². The van der Waals surface area contributed by atoms with Gasteiger partial charge in [0, 0.05) is 11.1 Å². The van der Waals surface area contributed by atoms with Crippen LogP contribution in [0.3, 0.4) is 0 Å². The zero-order chi connectivity index (χ0) is 11.7. The number of ether oxygens (including phenoxy) is 1. The molecule has 1 heterocycles. The number of nitrogens with two attached hydrogens (primary N) is 2. The van der Waals surface area contributed by atoms with Crippen molar-refractivity contribution in [2.24, 2.45) is 0 Å². The highest BCUT2D eigenvalue weighted by Gasteiger charge is 2.09. The molecule has 16 heavy (non-hydrogen) atoms. The SMILES string of the molecule is CCOc1nc(N)c2c(C)c(N)ccc2n1. The largest absolute Gasteiger partial charge is 0.464 e. The number of benzene rings is 1. The highest BCUT2D eigenvalue weighted by atomic mass is 16.5. The third-order valence-electron chi connectivity index (χ3n) is 2.45. The Morgan fingerprint density at radius 3 is 2.69 bits per heavy atom. The van der Waals surface area contributed by atoms with E-state index in [-0.39, 0.29) is 0 Å². The van der Waals surface area contributed by atoms with Crippen LogP contribution in [0.1, 0.15) is 12.5 Å². The van der Waals surface area contributed by atoms with Crippen LogP contribution in [-0.4, -0.2) is 16.6 Å². The number of rotatable bonds is 2. The monoisotopic (exact) mass is 218 g/mol. The Morgan fingerprint density at radius 2 is 2.00 bits per heavy atom. The molecule has 0 atom stereocenters. The summed E-state index contributed by atoms with van der Waals surface area (Å²) in [6.45, 7) is 4.29. The molecule has 0 spiro atoms. The molecule has 0 amide bonds. The maximum Gasteiger partial charge on any atom is 0.318 e. The second-order valence-corrected chi connectivity index (χ2v) is 3.50. The zero-order valence-electron chi connectivity index (χ0n) is 9.32. The minimum Gasteiger partial charge on any atom is -0.464 e. The van der Waals surface area contributed by atoms with Crippen molar-refractivity contribution in [2.75, 3.05) is 18.1 Å². The predicted molar refractivity (Wildman–Crippen MR) is 64.3 cm³/mol. The quantitative estimate of drug-likeness (QED) is 0.746. The summed E-state index contributed by atoms with van der Waals surface area (Å²) in [5, 5.41) is 0.795. The van der Waals surface area contributed by atoms with Gasteiger partial charge in [0.15, 0.2) is 0 Å². The van der Waals surface area contributed by atoms with Crippen molar-refractivity contribution in [1.29, 1.82) is 0 Å². The van der Waals surface area contributed by atoms with Crippen LogP contribution >= 0.6 is 0 Å². The molecule has 1 aromatic carbocycles. The van der Waals surface area contributed by atoms with Gasteiger partial charge < -0.3 is 16.2 Å². The average molecular weight is 218 g/mol. The summed E-state index contributed by atoms with van der Waals surface area (Å²) in [5.74, 6) is 0.401. The van der Waals surface area contributed by atoms with Gasteiger partial charge in [-0.2, -0.15) is 9.97 Å². The first-order valence-electron chi connectivity index (χ1n) is 5.08. The molecule has 1 aromatic heterocycles. The summed E-state index contributed by atoms with van der Waals surface area (Å²) in [6.07, 6.45) is 0. The summed E-state index contributed by atoms with van der Waals surface area (Å²) in [5.41, 5.74) is 14.0. The Hall–Kier alpha value is -2.04. The van der Waals surface area contributed by atoms with Crippen molar-refractivity contribution in [3.05, 3.63) is 17.7 Å². The van der Waals surface area contributed by atoms with Crippen molar-refractivity contribution >= 4 is 22.4 Å². The lowest BCUT2D eigenvalue weighted by molar-refractivity contribution is 0.314. The van der Waals surface area contributed by atoms with Gasteiger partial charge in [0.25, 0.3) is 0 Å². The predicted octanol–water partition coefficient (Wildman–Crippen LogP) is 1.50. The van der Waals surface area contributed by atoms with E-state index in [9.17, 15) is 0 Å². The Balaban J connectivity index is 2.71. The molecule has 0 aliphatic rings. The molecule has 0 fully saturated rings. The Morgan fingerprint density at radius 1 is 1.25 bits per heavy atom. The van der Waals surface area contributed by atoms with Gasteiger partial charge in [0.05, 0.1) is 12.1 Å². The van der Waals surface area contributed by atoms with Gasteiger partial charge in [-0.1, -0.05) is 0 Å². The maximum atomic E-state index is 5.87. The van der Waals surface area contributed by atoms with E-state index >= 15 is 0 Å². The lowest BCUT2D eigenvalue weighted by Crippen LogP contribution is -2.03. The molecule has 5 nitrogen and oxygen atoms in total. The van der Waals surface area contributed by atoms with E-state index in [0.717, 1.165) is 16.5 Å². The minimum absolute atomic E-state index is 0.302. The van der Waals surface area contributed by atoms with Crippen molar-refractivity contribution in [3.8, 4) is 6.01 Å². The summed E-state index contributed by atoms with van der Waals surface area (Å²) in [6, 6.07) is 3.93. The van der Waals surface area contributed by atoms with Crippen LogP contribution in [0.5, 0.6) is 6.01 Å². The van der Waals surface area contributed by atoms with Crippen molar-refractivity contribution in [1.82, 2.24) is 9.97 Å². The maximum absolute atomic E-state index is 5.87. The Labute approximate surface area is 93.4 Å². The number of nitrogen functional groups attached to an aromatic ring is 2. The Kier molecular flexibility index (Phi) is 2.52. The molecule has 0 aliphatic carbocycles. The van der Waals surface area contributed by atoms with Crippen LogP contribution in [0, 0.1) is 6.92 Å². The van der Waals surface area contributed by atoms with E-state index in [0.29, 0.717) is 24.1 Å². The molecule has 84 valence electrons. The summed E-state index contributed by atoms with van der Waals surface area (Å²) >= 11 is 0. The van der Waals surface area contributed by atoms with Gasteiger partial charge in [-0.05, 0) is 31.5 Å². The van der Waals surface area contributed by atoms with Crippen LogP contribution < -0.4 is 16.2 Å². The fourth-order valence-corrected chi connectivity index (χ4v) is 1.61. The van der Waals surface area contributed by atoms with Crippen LogP contribution in [0.2, 0.25) is 0 Å². The fourth-order valence-electron chi connectivity index (χ4n) is 1.61. The molecule has 4 N–H and O–H groups in total. The number of aryl methyl sites for hydroxylation is 1. The highest BCUT2D eigenvalue weighted by Crippen LogP contribution is 2.27. The molecular formula is C11H14N4O. The second kappa shape index (κ2) is 3.84. The molecule has 5 heteroatoms. The summed E-state index contributed by atoms with van der Waals surface area (Å²) in [7, 11) is 0. The van der Waals surface area contributed by atoms with Crippen LogP contribution in [0.25, 0.3) is 10.9 Å². The molecule has 0 aliphatic heterocycles. The van der Waals surface area contributed by atoms with E-state index in [2.05, 4.69) is 9.97 Å². The first kappa shape index (κ1) is 10.5. The minimum atomic E-state index is 0.302. The number of anilines is 2. The van der Waals surface area contributed by atoms with E-state index in [1.165, 1.54) is 0 Å².